The van der Waals surface area contributed by atoms with E-state index in [1.54, 1.807) is 17.2 Å². The zero-order valence-corrected chi connectivity index (χ0v) is 13.6. The average Bonchev–Trinajstić information content (AvgIpc) is 2.45. The van der Waals surface area contributed by atoms with Gasteiger partial charge in [0.1, 0.15) is 0 Å². The Balaban J connectivity index is 2.21. The second kappa shape index (κ2) is 6.90. The fourth-order valence-corrected chi connectivity index (χ4v) is 2.72. The molecule has 0 saturated heterocycles. The molecule has 1 heterocycles. The summed E-state index contributed by atoms with van der Waals surface area (Å²) in [5.41, 5.74) is 1.48. The summed E-state index contributed by atoms with van der Waals surface area (Å²) in [5.74, 6) is -0.0318. The summed E-state index contributed by atoms with van der Waals surface area (Å²) in [4.78, 5) is 19.2. The predicted octanol–water partition coefficient (Wildman–Crippen LogP) is 3.80. The fourth-order valence-electron chi connectivity index (χ4n) is 1.87. The second-order valence-corrected chi connectivity index (χ2v) is 5.70. The Morgan fingerprint density at radius 3 is 2.75 bits per heavy atom. The summed E-state index contributed by atoms with van der Waals surface area (Å²) in [6.07, 6.45) is 1.73. The van der Waals surface area contributed by atoms with E-state index in [2.05, 4.69) is 33.5 Å². The van der Waals surface area contributed by atoms with Crippen molar-refractivity contribution in [2.45, 2.75) is 18.4 Å². The molecule has 1 aromatic heterocycles. The van der Waals surface area contributed by atoms with Gasteiger partial charge < -0.3 is 4.90 Å². The molecule has 3 nitrogen and oxygen atoms in total. The van der Waals surface area contributed by atoms with Crippen molar-refractivity contribution in [1.29, 1.82) is 0 Å². The lowest BCUT2D eigenvalue weighted by molar-refractivity contribution is 0.0747. The van der Waals surface area contributed by atoms with E-state index in [-0.39, 0.29) is 5.91 Å². The molecule has 1 aromatic carbocycles. The molecule has 0 aliphatic carbocycles. The van der Waals surface area contributed by atoms with E-state index in [4.69, 9.17) is 0 Å². The summed E-state index contributed by atoms with van der Waals surface area (Å²) in [6, 6.07) is 11.2. The number of amides is 1. The number of nitrogens with zero attached hydrogens (tertiary/aromatic N) is 2. The van der Waals surface area contributed by atoms with Crippen LogP contribution in [0, 0.1) is 0 Å². The number of thiol groups is 1. The number of carbonyl (C=O) groups excluding carboxylic acids is 1. The first kappa shape index (κ1) is 15.1. The van der Waals surface area contributed by atoms with Crippen molar-refractivity contribution in [1.82, 2.24) is 9.88 Å². The highest BCUT2D eigenvalue weighted by atomic mass is 79.9. The van der Waals surface area contributed by atoms with Gasteiger partial charge in [-0.3, -0.25) is 9.78 Å². The highest BCUT2D eigenvalue weighted by Gasteiger charge is 2.17. The summed E-state index contributed by atoms with van der Waals surface area (Å²) in [6.45, 7) is 3.08. The van der Waals surface area contributed by atoms with E-state index in [0.717, 1.165) is 10.2 Å². The van der Waals surface area contributed by atoms with Gasteiger partial charge in [-0.15, -0.1) is 12.6 Å². The van der Waals surface area contributed by atoms with Gasteiger partial charge in [0.15, 0.2) is 0 Å². The highest BCUT2D eigenvalue weighted by molar-refractivity contribution is 9.10. The van der Waals surface area contributed by atoms with Crippen LogP contribution >= 0.6 is 28.6 Å². The van der Waals surface area contributed by atoms with E-state index in [1.165, 1.54) is 0 Å². The number of benzene rings is 1. The van der Waals surface area contributed by atoms with E-state index < -0.39 is 0 Å². The molecular weight excluding hydrogens is 336 g/mol. The lowest BCUT2D eigenvalue weighted by atomic mass is 10.2. The molecule has 0 N–H and O–H groups in total. The third-order valence-corrected chi connectivity index (χ3v) is 3.80. The number of rotatable bonds is 4. The molecule has 0 saturated carbocycles. The van der Waals surface area contributed by atoms with E-state index in [9.17, 15) is 4.79 Å². The maximum absolute atomic E-state index is 12.5. The van der Waals surface area contributed by atoms with Crippen LogP contribution in [0.15, 0.2) is 52.0 Å². The molecule has 0 atom stereocenters. The molecule has 0 aliphatic heterocycles. The number of pyridine rings is 1. The van der Waals surface area contributed by atoms with Crippen LogP contribution in [0.1, 0.15) is 23.0 Å². The van der Waals surface area contributed by atoms with Gasteiger partial charge in [0, 0.05) is 22.1 Å². The predicted molar refractivity (Wildman–Crippen MR) is 86.0 cm³/mol. The molecule has 0 spiro atoms. The number of hydrogen-bond donors (Lipinski definition) is 1. The van der Waals surface area contributed by atoms with Crippen LogP contribution in [0.5, 0.6) is 0 Å². The smallest absolute Gasteiger partial charge is 0.255 e. The lowest BCUT2D eigenvalue weighted by Crippen LogP contribution is -2.30. The number of hydrogen-bond acceptors (Lipinski definition) is 3. The highest BCUT2D eigenvalue weighted by Crippen LogP contribution is 2.21. The van der Waals surface area contributed by atoms with Crippen LogP contribution in [0.25, 0.3) is 0 Å². The number of halogens is 1. The minimum Gasteiger partial charge on any atom is -0.333 e. The minimum absolute atomic E-state index is 0.0318. The Bertz CT molecular complexity index is 604. The van der Waals surface area contributed by atoms with Crippen LogP contribution in [0.4, 0.5) is 0 Å². The third-order valence-electron chi connectivity index (χ3n) is 2.94. The van der Waals surface area contributed by atoms with Gasteiger partial charge in [-0.2, -0.15) is 0 Å². The monoisotopic (exact) mass is 350 g/mol. The van der Waals surface area contributed by atoms with Gasteiger partial charge in [0.05, 0.1) is 17.8 Å². The Kier molecular flexibility index (Phi) is 5.20. The SMILES string of the molecule is CCN(Cc1ccccn1)C(=O)c1ccc(Br)cc1S. The van der Waals surface area contributed by atoms with Crippen LogP contribution in [0.3, 0.4) is 0 Å². The van der Waals surface area contributed by atoms with Crippen molar-refractivity contribution in [2.24, 2.45) is 0 Å². The van der Waals surface area contributed by atoms with E-state index in [1.807, 2.05) is 37.3 Å². The van der Waals surface area contributed by atoms with Crippen molar-refractivity contribution < 1.29 is 4.79 Å². The Hall–Kier alpha value is -1.33. The molecule has 5 heteroatoms. The normalized spacial score (nSPS) is 10.3. The van der Waals surface area contributed by atoms with E-state index >= 15 is 0 Å². The van der Waals surface area contributed by atoms with Crippen molar-refractivity contribution in [3.63, 3.8) is 0 Å². The molecule has 0 unspecified atom stereocenters. The average molecular weight is 351 g/mol. The molecule has 2 aromatic rings. The third kappa shape index (κ3) is 3.61. The van der Waals surface area contributed by atoms with Crippen molar-refractivity contribution >= 4 is 34.5 Å². The minimum atomic E-state index is -0.0318. The maximum atomic E-state index is 12.5. The maximum Gasteiger partial charge on any atom is 0.255 e. The Labute approximate surface area is 132 Å². The van der Waals surface area contributed by atoms with Crippen LogP contribution in [0.2, 0.25) is 0 Å². The standard InChI is InChI=1S/C15H15BrN2OS/c1-2-18(10-12-5-3-4-8-17-12)15(19)13-7-6-11(16)9-14(13)20/h3-9,20H,2,10H2,1H3. The van der Waals surface area contributed by atoms with Gasteiger partial charge in [0.25, 0.3) is 5.91 Å². The first-order chi connectivity index (χ1) is 9.61. The summed E-state index contributed by atoms with van der Waals surface area (Å²) in [5, 5.41) is 0. The van der Waals surface area contributed by atoms with Gasteiger partial charge in [-0.1, -0.05) is 22.0 Å². The summed E-state index contributed by atoms with van der Waals surface area (Å²) in [7, 11) is 0. The van der Waals surface area contributed by atoms with Crippen molar-refractivity contribution in [3.05, 3.63) is 58.3 Å². The van der Waals surface area contributed by atoms with Crippen LogP contribution < -0.4 is 0 Å². The molecule has 2 rings (SSSR count). The quantitative estimate of drug-likeness (QED) is 0.850. The molecule has 0 bridgehead atoms. The molecule has 0 fully saturated rings. The van der Waals surface area contributed by atoms with Gasteiger partial charge in [-0.25, -0.2) is 0 Å². The molecule has 20 heavy (non-hydrogen) atoms. The fraction of sp³-hybridized carbons (Fsp3) is 0.200. The zero-order valence-electron chi connectivity index (χ0n) is 11.1. The first-order valence-electron chi connectivity index (χ1n) is 6.29. The number of aromatic nitrogens is 1. The first-order valence-corrected chi connectivity index (χ1v) is 7.53. The van der Waals surface area contributed by atoms with Crippen molar-refractivity contribution in [3.8, 4) is 0 Å². The van der Waals surface area contributed by atoms with Gasteiger partial charge in [-0.05, 0) is 37.3 Å². The second-order valence-electron chi connectivity index (χ2n) is 4.30. The largest absolute Gasteiger partial charge is 0.333 e. The Morgan fingerprint density at radius 2 is 2.15 bits per heavy atom. The summed E-state index contributed by atoms with van der Waals surface area (Å²) >= 11 is 7.74. The van der Waals surface area contributed by atoms with Gasteiger partial charge >= 0.3 is 0 Å². The lowest BCUT2D eigenvalue weighted by Gasteiger charge is -2.21. The topological polar surface area (TPSA) is 33.2 Å². The van der Waals surface area contributed by atoms with Crippen LogP contribution in [-0.2, 0) is 6.54 Å². The van der Waals surface area contributed by atoms with Crippen molar-refractivity contribution in [2.75, 3.05) is 6.54 Å². The summed E-state index contributed by atoms with van der Waals surface area (Å²) < 4.78 is 0.909. The number of carbonyl (C=O) groups is 1. The molecule has 104 valence electrons. The molecule has 0 radical (unpaired) electrons. The molecule has 1 amide bonds. The zero-order chi connectivity index (χ0) is 14.5. The Morgan fingerprint density at radius 1 is 1.35 bits per heavy atom. The van der Waals surface area contributed by atoms with E-state index in [0.29, 0.717) is 23.5 Å². The van der Waals surface area contributed by atoms with Gasteiger partial charge in [0.2, 0.25) is 0 Å². The molecule has 0 aliphatic rings. The van der Waals surface area contributed by atoms with Crippen LogP contribution in [-0.4, -0.2) is 22.3 Å². The molecular formula is C15H15BrN2OS.